The summed E-state index contributed by atoms with van der Waals surface area (Å²) < 4.78 is 5.25. The van der Waals surface area contributed by atoms with Crippen molar-refractivity contribution in [3.8, 4) is 0 Å². The van der Waals surface area contributed by atoms with E-state index < -0.39 is 12.1 Å². The van der Waals surface area contributed by atoms with Gasteiger partial charge in [0.15, 0.2) is 0 Å². The minimum absolute atomic E-state index is 0.0536. The van der Waals surface area contributed by atoms with Crippen molar-refractivity contribution in [2.75, 3.05) is 6.54 Å². The molecule has 0 bridgehead atoms. The number of rotatable bonds is 7. The van der Waals surface area contributed by atoms with Crippen LogP contribution < -0.4 is 5.32 Å². The summed E-state index contributed by atoms with van der Waals surface area (Å²) >= 11 is 0. The molecular formula is C21H26N2O5. The number of amides is 2. The van der Waals surface area contributed by atoms with Crippen LogP contribution >= 0.6 is 0 Å². The maximum Gasteiger partial charge on any atom is 0.318 e. The third kappa shape index (κ3) is 5.36. The van der Waals surface area contributed by atoms with Crippen LogP contribution in [0.4, 0.5) is 4.79 Å². The number of carboxylic acids is 1. The van der Waals surface area contributed by atoms with Crippen molar-refractivity contribution in [3.05, 3.63) is 60.1 Å². The minimum Gasteiger partial charge on any atom is -0.481 e. The van der Waals surface area contributed by atoms with Crippen molar-refractivity contribution in [1.29, 1.82) is 0 Å². The quantitative estimate of drug-likeness (QED) is 0.678. The number of hydrogen-bond acceptors (Lipinski definition) is 4. The number of carboxylic acid groups (broad SMARTS) is 1. The number of furan rings is 1. The predicted molar refractivity (Wildman–Crippen MR) is 102 cm³/mol. The fourth-order valence-corrected chi connectivity index (χ4v) is 3.55. The van der Waals surface area contributed by atoms with Gasteiger partial charge in [-0.2, -0.15) is 0 Å². The first-order valence-corrected chi connectivity index (χ1v) is 9.56. The molecule has 3 N–H and O–H groups in total. The van der Waals surface area contributed by atoms with Gasteiger partial charge in [0.25, 0.3) is 0 Å². The largest absolute Gasteiger partial charge is 0.481 e. The lowest BCUT2D eigenvalue weighted by Crippen LogP contribution is -2.47. The number of aliphatic carboxylic acids is 1. The third-order valence-corrected chi connectivity index (χ3v) is 5.17. The summed E-state index contributed by atoms with van der Waals surface area (Å²) in [7, 11) is 0. The summed E-state index contributed by atoms with van der Waals surface area (Å²) in [6, 6.07) is 12.6. The number of nitrogens with one attached hydrogen (secondary N) is 1. The Hall–Kier alpha value is -2.80. The van der Waals surface area contributed by atoms with Gasteiger partial charge in [-0.1, -0.05) is 30.3 Å². The summed E-state index contributed by atoms with van der Waals surface area (Å²) in [5.74, 6) is -0.681. The normalized spacial score (nSPS) is 20.3. The Bertz CT molecular complexity index is 754. The van der Waals surface area contributed by atoms with Crippen LogP contribution in [0.5, 0.6) is 0 Å². The second-order valence-corrected chi connectivity index (χ2v) is 7.23. The zero-order chi connectivity index (χ0) is 19.9. The van der Waals surface area contributed by atoms with E-state index in [-0.39, 0.29) is 24.5 Å². The minimum atomic E-state index is -0.924. The molecule has 1 atom stereocenters. The highest BCUT2D eigenvalue weighted by atomic mass is 16.4. The molecule has 1 aromatic heterocycles. The standard InChI is InChI=1S/C21H26N2O5/c24-18(19-7-4-12-28-19)14-23(13-15-5-2-1-3-6-15)21(27)22-17-10-8-16(9-11-17)20(25)26/h1-7,12,16-18,24H,8-11,13-14H2,(H,22,27)(H,25,26). The number of aliphatic hydroxyl groups excluding tert-OH is 1. The number of carbonyl (C=O) groups is 2. The van der Waals surface area contributed by atoms with Crippen LogP contribution in [0, 0.1) is 5.92 Å². The molecule has 7 heteroatoms. The van der Waals surface area contributed by atoms with E-state index in [0.717, 1.165) is 5.56 Å². The smallest absolute Gasteiger partial charge is 0.318 e. The van der Waals surface area contributed by atoms with Crippen molar-refractivity contribution < 1.29 is 24.2 Å². The second-order valence-electron chi connectivity index (χ2n) is 7.23. The van der Waals surface area contributed by atoms with Gasteiger partial charge in [0.05, 0.1) is 18.7 Å². The molecule has 150 valence electrons. The molecule has 3 rings (SSSR count). The van der Waals surface area contributed by atoms with Gasteiger partial charge in [0, 0.05) is 12.6 Å². The highest BCUT2D eigenvalue weighted by molar-refractivity contribution is 5.75. The molecule has 1 aliphatic carbocycles. The lowest BCUT2D eigenvalue weighted by Gasteiger charge is -2.31. The Morgan fingerprint density at radius 3 is 2.43 bits per heavy atom. The molecule has 2 amide bonds. The second kappa shape index (κ2) is 9.41. The third-order valence-electron chi connectivity index (χ3n) is 5.17. The zero-order valence-electron chi connectivity index (χ0n) is 15.7. The molecule has 2 aromatic rings. The van der Waals surface area contributed by atoms with Crippen molar-refractivity contribution in [2.45, 2.75) is 44.4 Å². The molecule has 1 unspecified atom stereocenters. The molecule has 0 spiro atoms. The van der Waals surface area contributed by atoms with Gasteiger partial charge in [0.1, 0.15) is 11.9 Å². The molecule has 1 fully saturated rings. The lowest BCUT2D eigenvalue weighted by atomic mass is 9.86. The Morgan fingerprint density at radius 2 is 1.82 bits per heavy atom. The van der Waals surface area contributed by atoms with Crippen molar-refractivity contribution in [3.63, 3.8) is 0 Å². The summed E-state index contributed by atoms with van der Waals surface area (Å²) in [5, 5.41) is 22.5. The molecule has 1 heterocycles. The summed E-state index contributed by atoms with van der Waals surface area (Å²) in [4.78, 5) is 25.6. The Balaban J connectivity index is 1.63. The van der Waals surface area contributed by atoms with Crippen molar-refractivity contribution in [2.24, 2.45) is 5.92 Å². The maximum atomic E-state index is 12.9. The number of hydrogen-bond donors (Lipinski definition) is 3. The highest BCUT2D eigenvalue weighted by Crippen LogP contribution is 2.25. The number of nitrogens with zero attached hydrogens (tertiary/aromatic N) is 1. The Kier molecular flexibility index (Phi) is 6.71. The molecular weight excluding hydrogens is 360 g/mol. The first-order chi connectivity index (χ1) is 13.5. The summed E-state index contributed by atoms with van der Waals surface area (Å²) in [6.45, 7) is 0.452. The predicted octanol–water partition coefficient (Wildman–Crippen LogP) is 3.17. The van der Waals surface area contributed by atoms with Crippen molar-refractivity contribution in [1.82, 2.24) is 10.2 Å². The molecule has 0 saturated heterocycles. The van der Waals surface area contributed by atoms with Gasteiger partial charge in [-0.15, -0.1) is 0 Å². The van der Waals surface area contributed by atoms with Gasteiger partial charge < -0.3 is 24.8 Å². The van der Waals surface area contributed by atoms with E-state index >= 15 is 0 Å². The van der Waals surface area contributed by atoms with E-state index in [1.54, 1.807) is 17.0 Å². The van der Waals surface area contributed by atoms with Crippen LogP contribution in [0.3, 0.4) is 0 Å². The van der Waals surface area contributed by atoms with E-state index in [1.807, 2.05) is 30.3 Å². The van der Waals surface area contributed by atoms with Crippen LogP contribution in [0.1, 0.15) is 43.1 Å². The van der Waals surface area contributed by atoms with E-state index in [4.69, 9.17) is 9.52 Å². The van der Waals surface area contributed by atoms with Crippen molar-refractivity contribution >= 4 is 12.0 Å². The van der Waals surface area contributed by atoms with Gasteiger partial charge in [0.2, 0.25) is 0 Å². The average Bonchev–Trinajstić information content (AvgIpc) is 3.23. The topological polar surface area (TPSA) is 103 Å². The molecule has 0 radical (unpaired) electrons. The van der Waals surface area contributed by atoms with E-state index in [1.165, 1.54) is 6.26 Å². The maximum absolute atomic E-state index is 12.9. The van der Waals surface area contributed by atoms with Gasteiger partial charge >= 0.3 is 12.0 Å². The Labute approximate surface area is 164 Å². The highest BCUT2D eigenvalue weighted by Gasteiger charge is 2.28. The summed E-state index contributed by atoms with van der Waals surface area (Å²) in [5.41, 5.74) is 0.957. The fraction of sp³-hybridized carbons (Fsp3) is 0.429. The monoisotopic (exact) mass is 386 g/mol. The SMILES string of the molecule is O=C(O)C1CCC(NC(=O)N(Cc2ccccc2)CC(O)c2ccco2)CC1. The van der Waals surface area contributed by atoms with Crippen LogP contribution in [-0.4, -0.2) is 39.7 Å². The lowest BCUT2D eigenvalue weighted by molar-refractivity contribution is -0.142. The van der Waals surface area contributed by atoms with Crippen LogP contribution in [-0.2, 0) is 11.3 Å². The molecule has 1 saturated carbocycles. The summed E-state index contributed by atoms with van der Waals surface area (Å²) in [6.07, 6.45) is 2.97. The van der Waals surface area contributed by atoms with E-state index in [0.29, 0.717) is 38.0 Å². The number of urea groups is 1. The molecule has 7 nitrogen and oxygen atoms in total. The molecule has 1 aliphatic rings. The first-order valence-electron chi connectivity index (χ1n) is 9.56. The van der Waals surface area contributed by atoms with Gasteiger partial charge in [-0.05, 0) is 43.4 Å². The number of carbonyl (C=O) groups excluding carboxylic acids is 1. The number of benzene rings is 1. The number of aliphatic hydroxyl groups is 1. The molecule has 1 aromatic carbocycles. The zero-order valence-corrected chi connectivity index (χ0v) is 15.7. The van der Waals surface area contributed by atoms with E-state index in [2.05, 4.69) is 5.32 Å². The van der Waals surface area contributed by atoms with E-state index in [9.17, 15) is 14.7 Å². The molecule has 0 aliphatic heterocycles. The Morgan fingerprint density at radius 1 is 1.11 bits per heavy atom. The van der Waals surface area contributed by atoms with Crippen LogP contribution in [0.15, 0.2) is 53.1 Å². The fourth-order valence-electron chi connectivity index (χ4n) is 3.55. The van der Waals surface area contributed by atoms with Crippen LogP contribution in [0.2, 0.25) is 0 Å². The molecule has 28 heavy (non-hydrogen) atoms. The first kappa shape index (κ1) is 19.9. The van der Waals surface area contributed by atoms with Gasteiger partial charge in [-0.25, -0.2) is 4.79 Å². The van der Waals surface area contributed by atoms with Crippen LogP contribution in [0.25, 0.3) is 0 Å². The van der Waals surface area contributed by atoms with Gasteiger partial charge in [-0.3, -0.25) is 4.79 Å². The average molecular weight is 386 g/mol.